The second-order valence-electron chi connectivity index (χ2n) is 7.89. The lowest BCUT2D eigenvalue weighted by Crippen LogP contribution is -2.33. The fourth-order valence-electron chi connectivity index (χ4n) is 3.69. The number of hydrazone groups is 1. The van der Waals surface area contributed by atoms with Crippen LogP contribution in [-0.4, -0.2) is 46.8 Å². The largest absolute Gasteiger partial charge is 0.490 e. The second kappa shape index (κ2) is 11.3. The fraction of sp³-hybridized carbons (Fsp3) is 0.111. The number of aliphatic imine (C=N–C) groups is 1. The Labute approximate surface area is 213 Å². The van der Waals surface area contributed by atoms with Crippen LogP contribution < -0.4 is 10.5 Å². The van der Waals surface area contributed by atoms with Gasteiger partial charge in [-0.2, -0.15) is 10.1 Å². The molecule has 36 heavy (non-hydrogen) atoms. The van der Waals surface area contributed by atoms with Gasteiger partial charge in [-0.15, -0.1) is 0 Å². The molecule has 3 N–H and O–H groups in total. The van der Waals surface area contributed by atoms with E-state index >= 15 is 0 Å². The first-order valence-corrected chi connectivity index (χ1v) is 11.5. The van der Waals surface area contributed by atoms with Gasteiger partial charge >= 0.3 is 5.97 Å². The van der Waals surface area contributed by atoms with Crippen molar-refractivity contribution in [1.29, 1.82) is 0 Å². The quantitative estimate of drug-likeness (QED) is 0.282. The lowest BCUT2D eigenvalue weighted by atomic mass is 9.90. The number of carbonyl (C=O) groups is 2. The molecule has 9 heteroatoms. The van der Waals surface area contributed by atoms with Crippen molar-refractivity contribution in [2.24, 2.45) is 15.8 Å². The van der Waals surface area contributed by atoms with Crippen LogP contribution >= 0.6 is 11.6 Å². The maximum atomic E-state index is 12.6. The normalized spacial score (nSPS) is 15.7. The zero-order valence-corrected chi connectivity index (χ0v) is 19.9. The summed E-state index contributed by atoms with van der Waals surface area (Å²) in [6, 6.07) is 23.6. The molecule has 0 saturated carbocycles. The lowest BCUT2D eigenvalue weighted by Gasteiger charge is -2.15. The number of hydrogen-bond acceptors (Lipinski definition) is 4. The number of rotatable bonds is 7. The van der Waals surface area contributed by atoms with Gasteiger partial charge in [0.05, 0.1) is 12.3 Å². The monoisotopic (exact) mass is 502 g/mol. The second-order valence-corrected chi connectivity index (χ2v) is 8.33. The molecule has 0 radical (unpaired) electrons. The first kappa shape index (κ1) is 24.7. The Morgan fingerprint density at radius 1 is 1.08 bits per heavy atom. The van der Waals surface area contributed by atoms with Gasteiger partial charge < -0.3 is 15.6 Å². The van der Waals surface area contributed by atoms with Gasteiger partial charge in [-0.05, 0) is 65.7 Å². The summed E-state index contributed by atoms with van der Waals surface area (Å²) >= 11 is 5.90. The molecular weight excluding hydrogens is 480 g/mol. The van der Waals surface area contributed by atoms with Gasteiger partial charge in [0.1, 0.15) is 12.4 Å². The molecule has 3 aromatic carbocycles. The number of ether oxygens (including phenoxy) is 1. The molecule has 1 aliphatic rings. The topological polar surface area (TPSA) is 118 Å². The molecule has 0 aliphatic carbocycles. The Kier molecular flexibility index (Phi) is 7.77. The van der Waals surface area contributed by atoms with E-state index in [9.17, 15) is 9.59 Å². The van der Waals surface area contributed by atoms with E-state index in [4.69, 9.17) is 32.3 Å². The van der Waals surface area contributed by atoms with Crippen LogP contribution in [0.4, 0.5) is 0 Å². The number of halogens is 1. The van der Waals surface area contributed by atoms with Crippen LogP contribution in [0.3, 0.4) is 0 Å². The molecule has 0 fully saturated rings. The summed E-state index contributed by atoms with van der Waals surface area (Å²) in [7, 11) is 0. The minimum Gasteiger partial charge on any atom is -0.490 e. The van der Waals surface area contributed by atoms with Crippen LogP contribution in [0, 0.1) is 0 Å². The molecule has 1 heterocycles. The van der Waals surface area contributed by atoms with Crippen LogP contribution in [0.2, 0.25) is 5.02 Å². The van der Waals surface area contributed by atoms with Crippen molar-refractivity contribution < 1.29 is 19.4 Å². The number of carboxylic acid groups (broad SMARTS) is 1. The molecule has 3 aromatic rings. The summed E-state index contributed by atoms with van der Waals surface area (Å²) in [5.41, 5.74) is 9.25. The lowest BCUT2D eigenvalue weighted by molar-refractivity contribution is -0.131. The number of benzene rings is 3. The van der Waals surface area contributed by atoms with Crippen LogP contribution in [0.5, 0.6) is 5.75 Å². The van der Waals surface area contributed by atoms with Gasteiger partial charge in [-0.1, -0.05) is 41.9 Å². The summed E-state index contributed by atoms with van der Waals surface area (Å²) in [4.78, 5) is 27.2. The van der Waals surface area contributed by atoms with E-state index in [2.05, 4.69) is 4.99 Å². The third kappa shape index (κ3) is 6.17. The molecule has 0 saturated heterocycles. The number of carboxylic acids is 1. The van der Waals surface area contributed by atoms with Crippen LogP contribution in [0.1, 0.15) is 27.4 Å². The van der Waals surface area contributed by atoms with Crippen molar-refractivity contribution in [3.05, 3.63) is 113 Å². The van der Waals surface area contributed by atoms with Gasteiger partial charge in [-0.25, -0.2) is 9.80 Å². The summed E-state index contributed by atoms with van der Waals surface area (Å²) < 4.78 is 5.55. The molecule has 8 nitrogen and oxygen atoms in total. The number of amides is 1. The molecule has 4 rings (SSSR count). The Morgan fingerprint density at radius 2 is 1.78 bits per heavy atom. The Morgan fingerprint density at radius 3 is 2.44 bits per heavy atom. The molecule has 1 amide bonds. The number of aliphatic carboxylic acids is 1. The minimum absolute atomic E-state index is 0.00366. The molecule has 1 unspecified atom stereocenters. The van der Waals surface area contributed by atoms with Crippen molar-refractivity contribution in [3.63, 3.8) is 0 Å². The molecular formula is C27H23ClN4O4. The predicted molar refractivity (Wildman–Crippen MR) is 139 cm³/mol. The van der Waals surface area contributed by atoms with Gasteiger partial charge in [0.25, 0.3) is 5.91 Å². The Bertz CT molecular complexity index is 1320. The Balaban J connectivity index is 1.57. The van der Waals surface area contributed by atoms with Crippen LogP contribution in [0.25, 0.3) is 0 Å². The number of nitrogens with zero attached hydrogens (tertiary/aromatic N) is 3. The van der Waals surface area contributed by atoms with Crippen molar-refractivity contribution in [2.45, 2.75) is 5.92 Å². The highest BCUT2D eigenvalue weighted by Gasteiger charge is 2.31. The van der Waals surface area contributed by atoms with E-state index < -0.39 is 11.9 Å². The number of carbonyl (C=O) groups excluding carboxylic acids is 1. The zero-order valence-electron chi connectivity index (χ0n) is 19.1. The first-order valence-electron chi connectivity index (χ1n) is 11.1. The first-order chi connectivity index (χ1) is 17.4. The van der Waals surface area contributed by atoms with E-state index in [0.29, 0.717) is 22.9 Å². The number of hydrogen-bond donors (Lipinski definition) is 2. The standard InChI is InChI=1S/C27H23ClN4O4/c28-21-12-8-20(9-13-21)26(35)30-27(29)32-17-23(18-5-2-1-3-6-18)25(31-32)19-10-14-22(15-11-19)36-16-4-7-24(33)34/h1-15,23H,16-17H2,(H,33,34)(H2,29,30,35)/b7-4+. The van der Waals surface area contributed by atoms with E-state index in [-0.39, 0.29) is 18.5 Å². The van der Waals surface area contributed by atoms with Crippen molar-refractivity contribution in [3.8, 4) is 5.75 Å². The summed E-state index contributed by atoms with van der Waals surface area (Å²) in [6.45, 7) is 0.558. The van der Waals surface area contributed by atoms with Crippen LogP contribution in [0.15, 0.2) is 101 Å². The zero-order chi connectivity index (χ0) is 25.5. The molecule has 0 bridgehead atoms. The predicted octanol–water partition coefficient (Wildman–Crippen LogP) is 4.32. The summed E-state index contributed by atoms with van der Waals surface area (Å²) in [5.74, 6) is -1.02. The molecule has 1 aliphatic heterocycles. The number of nitrogens with two attached hydrogens (primary N) is 1. The van der Waals surface area contributed by atoms with E-state index in [1.165, 1.54) is 11.1 Å². The highest BCUT2D eigenvalue weighted by Crippen LogP contribution is 2.29. The smallest absolute Gasteiger partial charge is 0.328 e. The fourth-order valence-corrected chi connectivity index (χ4v) is 3.81. The van der Waals surface area contributed by atoms with Gasteiger partial charge in [0.15, 0.2) is 0 Å². The van der Waals surface area contributed by atoms with Crippen molar-refractivity contribution in [1.82, 2.24) is 5.01 Å². The third-order valence-corrected chi connectivity index (χ3v) is 5.70. The summed E-state index contributed by atoms with van der Waals surface area (Å²) in [5, 5.41) is 15.4. The highest BCUT2D eigenvalue weighted by atomic mass is 35.5. The highest BCUT2D eigenvalue weighted by molar-refractivity contribution is 6.30. The molecule has 182 valence electrons. The maximum absolute atomic E-state index is 12.6. The average molecular weight is 503 g/mol. The van der Waals surface area contributed by atoms with Gasteiger partial charge in [0, 0.05) is 22.6 Å². The molecule has 0 aromatic heterocycles. The van der Waals surface area contributed by atoms with Crippen LogP contribution in [-0.2, 0) is 4.79 Å². The third-order valence-electron chi connectivity index (χ3n) is 5.44. The van der Waals surface area contributed by atoms with E-state index in [1.807, 2.05) is 42.5 Å². The SMILES string of the molecule is NC(=NC(=O)c1ccc(Cl)cc1)N1CC(c2ccccc2)C(c2ccc(OC/C=C/C(=O)O)cc2)=N1. The summed E-state index contributed by atoms with van der Waals surface area (Å²) in [6.07, 6.45) is 2.46. The maximum Gasteiger partial charge on any atom is 0.328 e. The van der Waals surface area contributed by atoms with Crippen molar-refractivity contribution in [2.75, 3.05) is 13.2 Å². The molecule has 1 atom stereocenters. The number of guanidine groups is 1. The minimum atomic E-state index is -1.03. The van der Waals surface area contributed by atoms with E-state index in [1.54, 1.807) is 36.4 Å². The Hall–Kier alpha value is -4.43. The average Bonchev–Trinajstić information content (AvgIpc) is 3.33. The van der Waals surface area contributed by atoms with Crippen molar-refractivity contribution >= 4 is 35.1 Å². The van der Waals surface area contributed by atoms with E-state index in [0.717, 1.165) is 22.9 Å². The van der Waals surface area contributed by atoms with Gasteiger partial charge in [-0.3, -0.25) is 4.79 Å². The van der Waals surface area contributed by atoms with Gasteiger partial charge in [0.2, 0.25) is 5.96 Å². The molecule has 0 spiro atoms.